The first-order valence-corrected chi connectivity index (χ1v) is 4.80. The number of nitrogens with one attached hydrogen (secondary N) is 1. The molecule has 1 rings (SSSR count). The number of likely N-dealkylation sites (N-methyl/N-ethyl adjacent to an activating group) is 1. The van der Waals surface area contributed by atoms with Crippen molar-refractivity contribution in [1.29, 1.82) is 0 Å². The van der Waals surface area contributed by atoms with Gasteiger partial charge >= 0.3 is 0 Å². The van der Waals surface area contributed by atoms with Gasteiger partial charge in [0, 0.05) is 18.3 Å². The van der Waals surface area contributed by atoms with Crippen LogP contribution in [-0.4, -0.2) is 38.6 Å². The molecule has 4 heteroatoms. The molecule has 1 aromatic carbocycles. The Hall–Kier alpha value is -1.55. The van der Waals surface area contributed by atoms with E-state index in [4.69, 9.17) is 4.74 Å². The number of ether oxygens (including phenoxy) is 1. The summed E-state index contributed by atoms with van der Waals surface area (Å²) in [6.07, 6.45) is 1.65. The van der Waals surface area contributed by atoms with Gasteiger partial charge in [0.05, 0.1) is 13.7 Å². The summed E-state index contributed by atoms with van der Waals surface area (Å²) in [7, 11) is 3.40. The lowest BCUT2D eigenvalue weighted by atomic mass is 10.2. The van der Waals surface area contributed by atoms with Crippen molar-refractivity contribution in [2.24, 2.45) is 4.99 Å². The number of hydrogen-bond acceptors (Lipinski definition) is 4. The summed E-state index contributed by atoms with van der Waals surface area (Å²) in [6, 6.07) is 5.32. The average molecular weight is 208 g/mol. The average Bonchev–Trinajstić information content (AvgIpc) is 2.26. The first-order valence-electron chi connectivity index (χ1n) is 4.80. The van der Waals surface area contributed by atoms with Gasteiger partial charge < -0.3 is 15.2 Å². The van der Waals surface area contributed by atoms with E-state index in [1.54, 1.807) is 18.3 Å². The van der Waals surface area contributed by atoms with Crippen LogP contribution in [0, 0.1) is 0 Å². The standard InChI is InChI=1S/C11H16N2O2/c1-12-6-7-13-8-9-4-3-5-10(15-2)11(9)14/h3-5,8,12,14H,6-7H2,1-2H3. The van der Waals surface area contributed by atoms with Gasteiger partial charge in [-0.3, -0.25) is 4.99 Å². The molecule has 0 heterocycles. The summed E-state index contributed by atoms with van der Waals surface area (Å²) in [5.41, 5.74) is 0.672. The van der Waals surface area contributed by atoms with Gasteiger partial charge in [0.2, 0.25) is 0 Å². The first-order chi connectivity index (χ1) is 7.29. The Labute approximate surface area is 89.6 Å². The molecule has 0 radical (unpaired) electrons. The van der Waals surface area contributed by atoms with Crippen molar-refractivity contribution in [1.82, 2.24) is 5.32 Å². The molecule has 0 aromatic heterocycles. The van der Waals surface area contributed by atoms with Gasteiger partial charge in [-0.2, -0.15) is 0 Å². The fraction of sp³-hybridized carbons (Fsp3) is 0.364. The summed E-state index contributed by atoms with van der Waals surface area (Å²) in [5, 5.41) is 12.7. The molecule has 0 aliphatic heterocycles. The zero-order valence-corrected chi connectivity index (χ0v) is 9.03. The second-order valence-electron chi connectivity index (χ2n) is 3.04. The number of phenolic OH excluding ortho intramolecular Hbond substituents is 1. The number of benzene rings is 1. The van der Waals surface area contributed by atoms with Gasteiger partial charge in [-0.25, -0.2) is 0 Å². The van der Waals surface area contributed by atoms with Crippen molar-refractivity contribution in [2.75, 3.05) is 27.2 Å². The second kappa shape index (κ2) is 6.03. The molecule has 15 heavy (non-hydrogen) atoms. The molecule has 0 bridgehead atoms. The van der Waals surface area contributed by atoms with Crippen LogP contribution in [0.15, 0.2) is 23.2 Å². The predicted molar refractivity (Wildman–Crippen MR) is 61.0 cm³/mol. The van der Waals surface area contributed by atoms with Crippen LogP contribution >= 0.6 is 0 Å². The smallest absolute Gasteiger partial charge is 0.166 e. The summed E-state index contributed by atoms with van der Waals surface area (Å²) < 4.78 is 4.99. The summed E-state index contributed by atoms with van der Waals surface area (Å²) >= 11 is 0. The SMILES string of the molecule is CNCCN=Cc1cccc(OC)c1O. The lowest BCUT2D eigenvalue weighted by Crippen LogP contribution is -2.10. The van der Waals surface area contributed by atoms with Crippen LogP contribution in [0.3, 0.4) is 0 Å². The van der Waals surface area contributed by atoms with Crippen LogP contribution in [0.2, 0.25) is 0 Å². The van der Waals surface area contributed by atoms with Crippen LogP contribution in [-0.2, 0) is 0 Å². The third-order valence-corrected chi connectivity index (χ3v) is 1.97. The van der Waals surface area contributed by atoms with E-state index in [0.717, 1.165) is 6.54 Å². The molecule has 0 unspecified atom stereocenters. The number of phenols is 1. The maximum atomic E-state index is 9.71. The summed E-state index contributed by atoms with van der Waals surface area (Å²) in [4.78, 5) is 4.16. The molecule has 1 aromatic rings. The van der Waals surface area contributed by atoms with Crippen LogP contribution < -0.4 is 10.1 Å². The third kappa shape index (κ3) is 3.25. The first kappa shape index (κ1) is 11.5. The minimum absolute atomic E-state index is 0.133. The molecule has 2 N–H and O–H groups in total. The fourth-order valence-corrected chi connectivity index (χ4v) is 1.15. The van der Waals surface area contributed by atoms with E-state index in [2.05, 4.69) is 10.3 Å². The topological polar surface area (TPSA) is 53.9 Å². The van der Waals surface area contributed by atoms with Crippen LogP contribution in [0.4, 0.5) is 0 Å². The molecule has 0 saturated carbocycles. The van der Waals surface area contributed by atoms with Crippen molar-refractivity contribution in [3.63, 3.8) is 0 Å². The third-order valence-electron chi connectivity index (χ3n) is 1.97. The Morgan fingerprint density at radius 2 is 2.33 bits per heavy atom. The number of para-hydroxylation sites is 1. The predicted octanol–water partition coefficient (Wildman–Crippen LogP) is 1.04. The zero-order valence-electron chi connectivity index (χ0n) is 9.03. The molecule has 0 aliphatic carbocycles. The van der Waals surface area contributed by atoms with E-state index in [-0.39, 0.29) is 5.75 Å². The van der Waals surface area contributed by atoms with E-state index in [0.29, 0.717) is 17.9 Å². The van der Waals surface area contributed by atoms with Gasteiger partial charge in [0.1, 0.15) is 0 Å². The number of methoxy groups -OCH3 is 1. The summed E-state index contributed by atoms with van der Waals surface area (Å²) in [5.74, 6) is 0.598. The van der Waals surface area contributed by atoms with Crippen LogP contribution in [0.25, 0.3) is 0 Å². The van der Waals surface area contributed by atoms with E-state index in [9.17, 15) is 5.11 Å². The minimum Gasteiger partial charge on any atom is -0.504 e. The molecule has 0 atom stereocenters. The Balaban J connectivity index is 2.72. The Morgan fingerprint density at radius 3 is 3.00 bits per heavy atom. The maximum Gasteiger partial charge on any atom is 0.166 e. The monoisotopic (exact) mass is 208 g/mol. The fourth-order valence-electron chi connectivity index (χ4n) is 1.15. The van der Waals surface area contributed by atoms with E-state index in [1.807, 2.05) is 13.1 Å². The summed E-state index contributed by atoms with van der Waals surface area (Å²) in [6.45, 7) is 1.51. The van der Waals surface area contributed by atoms with Crippen molar-refractivity contribution < 1.29 is 9.84 Å². The van der Waals surface area contributed by atoms with Crippen LogP contribution in [0.5, 0.6) is 11.5 Å². The zero-order chi connectivity index (χ0) is 11.1. The lowest BCUT2D eigenvalue weighted by molar-refractivity contribution is 0.373. The Kier molecular flexibility index (Phi) is 4.63. The molecule has 0 spiro atoms. The molecule has 4 nitrogen and oxygen atoms in total. The van der Waals surface area contributed by atoms with E-state index in [1.165, 1.54) is 7.11 Å². The highest BCUT2D eigenvalue weighted by atomic mass is 16.5. The highest BCUT2D eigenvalue weighted by Gasteiger charge is 2.03. The van der Waals surface area contributed by atoms with Gasteiger partial charge in [-0.05, 0) is 19.2 Å². The van der Waals surface area contributed by atoms with Gasteiger partial charge in [-0.1, -0.05) is 6.07 Å². The van der Waals surface area contributed by atoms with Crippen molar-refractivity contribution in [2.45, 2.75) is 0 Å². The highest BCUT2D eigenvalue weighted by Crippen LogP contribution is 2.27. The van der Waals surface area contributed by atoms with Crippen molar-refractivity contribution in [3.8, 4) is 11.5 Å². The van der Waals surface area contributed by atoms with E-state index >= 15 is 0 Å². The molecular weight excluding hydrogens is 192 g/mol. The number of rotatable bonds is 5. The maximum absolute atomic E-state index is 9.71. The number of aromatic hydroxyl groups is 1. The van der Waals surface area contributed by atoms with Crippen LogP contribution in [0.1, 0.15) is 5.56 Å². The quantitative estimate of drug-likeness (QED) is 0.561. The van der Waals surface area contributed by atoms with Gasteiger partial charge in [-0.15, -0.1) is 0 Å². The minimum atomic E-state index is 0.133. The molecule has 0 fully saturated rings. The molecule has 82 valence electrons. The molecule has 0 aliphatic rings. The second-order valence-corrected chi connectivity index (χ2v) is 3.04. The lowest BCUT2D eigenvalue weighted by Gasteiger charge is -2.04. The number of hydrogen-bond donors (Lipinski definition) is 2. The van der Waals surface area contributed by atoms with Crippen molar-refractivity contribution >= 4 is 6.21 Å². The molecular formula is C11H16N2O2. The normalized spacial score (nSPS) is 10.8. The van der Waals surface area contributed by atoms with Gasteiger partial charge in [0.25, 0.3) is 0 Å². The Morgan fingerprint density at radius 1 is 1.53 bits per heavy atom. The van der Waals surface area contributed by atoms with Crippen molar-refractivity contribution in [3.05, 3.63) is 23.8 Å². The highest BCUT2D eigenvalue weighted by molar-refractivity contribution is 5.84. The Bertz CT molecular complexity index is 337. The molecule has 0 amide bonds. The van der Waals surface area contributed by atoms with Gasteiger partial charge in [0.15, 0.2) is 11.5 Å². The number of aliphatic imine (C=N–C) groups is 1. The number of nitrogens with zero attached hydrogens (tertiary/aromatic N) is 1. The molecule has 0 saturated heterocycles. The van der Waals surface area contributed by atoms with E-state index < -0.39 is 0 Å². The largest absolute Gasteiger partial charge is 0.504 e.